The lowest BCUT2D eigenvalue weighted by Crippen LogP contribution is -2.16. The van der Waals surface area contributed by atoms with E-state index in [2.05, 4.69) is 288 Å². The Balaban J connectivity index is 1.09. The summed E-state index contributed by atoms with van der Waals surface area (Å²) < 4.78 is 2.49. The van der Waals surface area contributed by atoms with Crippen LogP contribution in [0.15, 0.2) is 255 Å². The molecule has 4 nitrogen and oxygen atoms in total. The van der Waals surface area contributed by atoms with Gasteiger partial charge in [0.15, 0.2) is 0 Å². The minimum absolute atomic E-state index is 0.258. The van der Waals surface area contributed by atoms with Crippen molar-refractivity contribution in [3.8, 4) is 16.8 Å². The molecule has 1 heterocycles. The van der Waals surface area contributed by atoms with Gasteiger partial charge in [-0.25, -0.2) is 0 Å². The predicted molar refractivity (Wildman–Crippen MR) is 282 cm³/mol. The fraction of sp³-hybridized carbons (Fsp3) is 0.0476. The third-order valence-corrected chi connectivity index (χ3v) is 13.5. The van der Waals surface area contributed by atoms with Crippen LogP contribution in [0.1, 0.15) is 25.0 Å². The largest absolute Gasteiger partial charge is 0.310 e. The number of para-hydroxylation sites is 6. The van der Waals surface area contributed by atoms with E-state index in [0.717, 1.165) is 62.4 Å². The number of rotatable bonds is 10. The summed E-state index contributed by atoms with van der Waals surface area (Å²) in [4.78, 5) is 7.07. The highest BCUT2D eigenvalue weighted by atomic mass is 15.2. The molecule has 0 amide bonds. The fourth-order valence-electron chi connectivity index (χ4n) is 10.4. The first-order valence-electron chi connectivity index (χ1n) is 23.1. The number of hydrogen-bond donors (Lipinski definition) is 0. The highest BCUT2D eigenvalue weighted by molar-refractivity contribution is 6.12. The molecule has 0 saturated carbocycles. The van der Waals surface area contributed by atoms with Crippen LogP contribution in [0.2, 0.25) is 0 Å². The van der Waals surface area contributed by atoms with Gasteiger partial charge in [0.05, 0.1) is 11.0 Å². The van der Waals surface area contributed by atoms with E-state index in [1.807, 2.05) is 0 Å². The Kier molecular flexibility index (Phi) is 9.80. The molecular weight excluding hydrogens is 813 g/mol. The minimum Gasteiger partial charge on any atom is -0.310 e. The molecule has 0 unspecified atom stereocenters. The smallest absolute Gasteiger partial charge is 0.0561 e. The maximum Gasteiger partial charge on any atom is 0.0561 e. The van der Waals surface area contributed by atoms with Crippen LogP contribution in [0.5, 0.6) is 0 Å². The number of nitrogens with zero attached hydrogens (tertiary/aromatic N) is 4. The summed E-state index contributed by atoms with van der Waals surface area (Å²) in [5.74, 6) is 0. The molecule has 0 aliphatic heterocycles. The highest BCUT2D eigenvalue weighted by Gasteiger charge is 2.37. The number of aromatic nitrogens is 1. The first kappa shape index (κ1) is 40.0. The normalized spacial score (nSPS) is 12.4. The molecular formula is C63H48N4. The van der Waals surface area contributed by atoms with E-state index in [1.54, 1.807) is 0 Å². The molecule has 67 heavy (non-hydrogen) atoms. The minimum atomic E-state index is -0.258. The number of anilines is 9. The lowest BCUT2D eigenvalue weighted by molar-refractivity contribution is 0.661. The van der Waals surface area contributed by atoms with Crippen LogP contribution in [0, 0.1) is 0 Å². The van der Waals surface area contributed by atoms with Gasteiger partial charge in [0, 0.05) is 73.1 Å². The van der Waals surface area contributed by atoms with E-state index in [0.29, 0.717) is 0 Å². The summed E-state index contributed by atoms with van der Waals surface area (Å²) in [7, 11) is 0. The van der Waals surface area contributed by atoms with E-state index >= 15 is 0 Å². The van der Waals surface area contributed by atoms with E-state index in [-0.39, 0.29) is 5.41 Å². The summed E-state index contributed by atoms with van der Waals surface area (Å²) in [6, 6.07) is 92.1. The Morgan fingerprint density at radius 1 is 0.284 bits per heavy atom. The Morgan fingerprint density at radius 2 is 0.657 bits per heavy atom. The maximum absolute atomic E-state index is 2.49. The summed E-state index contributed by atoms with van der Waals surface area (Å²) in [5.41, 5.74) is 18.3. The lowest BCUT2D eigenvalue weighted by atomic mass is 9.82. The summed E-state index contributed by atoms with van der Waals surface area (Å²) >= 11 is 0. The Labute approximate surface area is 392 Å². The molecule has 1 aliphatic rings. The molecule has 4 heteroatoms. The fourth-order valence-corrected chi connectivity index (χ4v) is 10.4. The summed E-state index contributed by atoms with van der Waals surface area (Å²) in [6.45, 7) is 4.78. The van der Waals surface area contributed by atoms with Crippen molar-refractivity contribution in [2.75, 3.05) is 14.7 Å². The van der Waals surface area contributed by atoms with Gasteiger partial charge in [0.2, 0.25) is 0 Å². The standard InChI is InChI=1S/C63H48N4/c1-63(2)59-41-53(65(47-26-13-5-14-27-47)48-28-15-6-16-29-48)36-38-55(59)57-44-62-58(43-60(57)63)56-39-37-54(66(49-30-17-7-18-31-49)50-32-19-8-20-33-50)42-61(56)67(62)52-35-21-34-51(40-52)64(45-22-9-3-10-23-45)46-24-11-4-12-25-46/h3-44H,1-2H3. The first-order chi connectivity index (χ1) is 33.0. The summed E-state index contributed by atoms with van der Waals surface area (Å²) in [5, 5.41) is 2.44. The molecule has 1 aromatic heterocycles. The van der Waals surface area contributed by atoms with Gasteiger partial charge in [0.25, 0.3) is 0 Å². The zero-order chi connectivity index (χ0) is 44.9. The van der Waals surface area contributed by atoms with E-state index < -0.39 is 0 Å². The Bertz CT molecular complexity index is 3410. The Morgan fingerprint density at radius 3 is 1.12 bits per heavy atom. The molecule has 0 spiro atoms. The van der Waals surface area contributed by atoms with Gasteiger partial charge in [-0.15, -0.1) is 0 Å². The number of fused-ring (bicyclic) bond motifs is 6. The van der Waals surface area contributed by atoms with Crippen LogP contribution in [0.25, 0.3) is 38.6 Å². The molecule has 0 fully saturated rings. The molecule has 11 aromatic rings. The number of hydrogen-bond acceptors (Lipinski definition) is 3. The SMILES string of the molecule is CC1(C)c2cc(N(c3ccccc3)c3ccccc3)ccc2-c2cc3c(cc21)c1ccc(N(c2ccccc2)c2ccccc2)cc1n3-c1cccc(N(c2ccccc2)c2ccccc2)c1. The van der Waals surface area contributed by atoms with Crippen molar-refractivity contribution < 1.29 is 0 Å². The average Bonchev–Trinajstić information content (AvgIpc) is 3.82. The van der Waals surface area contributed by atoms with Crippen LogP contribution in [-0.4, -0.2) is 4.57 Å². The lowest BCUT2D eigenvalue weighted by Gasteiger charge is -2.28. The van der Waals surface area contributed by atoms with Crippen molar-refractivity contribution >= 4 is 73.0 Å². The van der Waals surface area contributed by atoms with E-state index in [1.165, 1.54) is 38.5 Å². The molecule has 0 radical (unpaired) electrons. The van der Waals surface area contributed by atoms with Crippen molar-refractivity contribution in [3.05, 3.63) is 266 Å². The van der Waals surface area contributed by atoms with Crippen LogP contribution in [0.4, 0.5) is 51.2 Å². The molecule has 320 valence electrons. The van der Waals surface area contributed by atoms with Gasteiger partial charge in [-0.3, -0.25) is 0 Å². The van der Waals surface area contributed by atoms with Crippen molar-refractivity contribution in [1.82, 2.24) is 4.57 Å². The van der Waals surface area contributed by atoms with Crippen molar-refractivity contribution in [3.63, 3.8) is 0 Å². The zero-order valence-electron chi connectivity index (χ0n) is 37.5. The van der Waals surface area contributed by atoms with Crippen molar-refractivity contribution in [2.45, 2.75) is 19.3 Å². The quantitative estimate of drug-likeness (QED) is 0.136. The van der Waals surface area contributed by atoms with Gasteiger partial charge in [0.1, 0.15) is 0 Å². The van der Waals surface area contributed by atoms with Crippen LogP contribution >= 0.6 is 0 Å². The zero-order valence-corrected chi connectivity index (χ0v) is 37.5. The van der Waals surface area contributed by atoms with Gasteiger partial charge in [-0.1, -0.05) is 141 Å². The second kappa shape index (κ2) is 16.4. The molecule has 0 bridgehead atoms. The van der Waals surface area contributed by atoms with Crippen LogP contribution in [-0.2, 0) is 5.41 Å². The van der Waals surface area contributed by atoms with Crippen molar-refractivity contribution in [1.29, 1.82) is 0 Å². The molecule has 0 atom stereocenters. The van der Waals surface area contributed by atoms with E-state index in [9.17, 15) is 0 Å². The second-order valence-electron chi connectivity index (χ2n) is 17.8. The Hall–Kier alpha value is -8.60. The van der Waals surface area contributed by atoms with Gasteiger partial charge in [-0.05, 0) is 150 Å². The predicted octanol–water partition coefficient (Wildman–Crippen LogP) is 17.5. The van der Waals surface area contributed by atoms with Crippen LogP contribution in [0.3, 0.4) is 0 Å². The molecule has 10 aromatic carbocycles. The van der Waals surface area contributed by atoms with Crippen molar-refractivity contribution in [2.24, 2.45) is 0 Å². The third-order valence-electron chi connectivity index (χ3n) is 13.5. The molecule has 1 aliphatic carbocycles. The molecule has 12 rings (SSSR count). The summed E-state index contributed by atoms with van der Waals surface area (Å²) in [6.07, 6.45) is 0. The average molecular weight is 861 g/mol. The number of benzene rings is 10. The van der Waals surface area contributed by atoms with Gasteiger partial charge < -0.3 is 19.3 Å². The van der Waals surface area contributed by atoms with Gasteiger partial charge in [-0.2, -0.15) is 0 Å². The molecule has 0 N–H and O–H groups in total. The highest BCUT2D eigenvalue weighted by Crippen LogP contribution is 2.53. The monoisotopic (exact) mass is 860 g/mol. The van der Waals surface area contributed by atoms with Crippen LogP contribution < -0.4 is 14.7 Å². The van der Waals surface area contributed by atoms with E-state index in [4.69, 9.17) is 0 Å². The second-order valence-corrected chi connectivity index (χ2v) is 17.8. The third kappa shape index (κ3) is 6.93. The van der Waals surface area contributed by atoms with Gasteiger partial charge >= 0.3 is 0 Å². The topological polar surface area (TPSA) is 14.7 Å². The molecule has 0 saturated heterocycles. The first-order valence-corrected chi connectivity index (χ1v) is 23.1. The maximum atomic E-state index is 2.49.